The molecule has 1 atom stereocenters. The van der Waals surface area contributed by atoms with Crippen molar-refractivity contribution in [3.63, 3.8) is 0 Å². The van der Waals surface area contributed by atoms with Crippen LogP contribution in [0.15, 0.2) is 55.3 Å². The van der Waals surface area contributed by atoms with Crippen LogP contribution in [0.2, 0.25) is 0 Å². The quantitative estimate of drug-likeness (QED) is 0.652. The lowest BCUT2D eigenvalue weighted by Crippen LogP contribution is -2.08. The molecule has 0 spiro atoms. The number of aryl methyl sites for hydroxylation is 1. The van der Waals surface area contributed by atoms with Crippen LogP contribution in [0.3, 0.4) is 0 Å². The average molecular weight is 349 g/mol. The lowest BCUT2D eigenvalue weighted by Gasteiger charge is -2.15. The first kappa shape index (κ1) is 17.7. The molecule has 6 heteroatoms. The van der Waals surface area contributed by atoms with Gasteiger partial charge in [-0.25, -0.2) is 9.97 Å². The van der Waals surface area contributed by atoms with Gasteiger partial charge in [-0.1, -0.05) is 24.3 Å². The lowest BCUT2D eigenvalue weighted by atomic mass is 10.0. The maximum atomic E-state index is 5.21. The molecule has 1 unspecified atom stereocenters. The Balaban J connectivity index is 1.68. The third-order valence-electron chi connectivity index (χ3n) is 4.00. The molecule has 134 valence electrons. The maximum absolute atomic E-state index is 5.21. The minimum absolute atomic E-state index is 0.122. The van der Waals surface area contributed by atoms with Crippen molar-refractivity contribution >= 4 is 11.9 Å². The molecule has 0 aliphatic carbocycles. The Morgan fingerprint density at radius 3 is 2.69 bits per heavy atom. The maximum Gasteiger partial charge on any atom is 0.130 e. The van der Waals surface area contributed by atoms with E-state index in [1.54, 1.807) is 17.3 Å². The number of hydrogen-bond acceptors (Lipinski definition) is 5. The summed E-state index contributed by atoms with van der Waals surface area (Å²) in [6.07, 6.45) is 8.90. The Labute approximate surface area is 153 Å². The van der Waals surface area contributed by atoms with Crippen LogP contribution < -0.4 is 5.32 Å². The molecule has 0 saturated carbocycles. The molecule has 1 aromatic carbocycles. The average Bonchev–Trinajstić information content (AvgIpc) is 3.09. The highest BCUT2D eigenvalue weighted by Gasteiger charge is 2.08. The van der Waals surface area contributed by atoms with Gasteiger partial charge in [-0.05, 0) is 31.1 Å². The number of hydrogen-bond donors (Lipinski definition) is 1. The fourth-order valence-electron chi connectivity index (χ4n) is 2.60. The van der Waals surface area contributed by atoms with Gasteiger partial charge in [0.05, 0.1) is 24.8 Å². The zero-order chi connectivity index (χ0) is 18.4. The van der Waals surface area contributed by atoms with Gasteiger partial charge in [0.2, 0.25) is 0 Å². The second kappa shape index (κ2) is 8.29. The molecule has 0 radical (unpaired) electrons. The van der Waals surface area contributed by atoms with Crippen LogP contribution in [0.5, 0.6) is 0 Å². The smallest absolute Gasteiger partial charge is 0.130 e. The Morgan fingerprint density at radius 1 is 1.19 bits per heavy atom. The van der Waals surface area contributed by atoms with Gasteiger partial charge in [0, 0.05) is 30.9 Å². The lowest BCUT2D eigenvalue weighted by molar-refractivity contribution is 0.272. The van der Waals surface area contributed by atoms with E-state index in [1.807, 2.05) is 38.5 Å². The molecule has 0 bridgehead atoms. The molecule has 0 saturated heterocycles. The number of aromatic nitrogens is 4. The van der Waals surface area contributed by atoms with Gasteiger partial charge >= 0.3 is 0 Å². The molecule has 6 nitrogen and oxygen atoms in total. The Kier molecular flexibility index (Phi) is 5.63. The second-order valence-corrected chi connectivity index (χ2v) is 5.98. The Bertz CT molecular complexity index is 870. The number of ether oxygens (including phenoxy) is 1. The minimum atomic E-state index is 0.122. The van der Waals surface area contributed by atoms with Crippen molar-refractivity contribution in [3.8, 4) is 11.1 Å². The van der Waals surface area contributed by atoms with Crippen LogP contribution in [-0.4, -0.2) is 26.4 Å². The highest BCUT2D eigenvalue weighted by atomic mass is 16.5. The van der Waals surface area contributed by atoms with Crippen LogP contribution in [-0.2, 0) is 11.8 Å². The molecule has 26 heavy (non-hydrogen) atoms. The normalized spacial score (nSPS) is 12.3. The Hall–Kier alpha value is -3.15. The molecule has 0 aliphatic heterocycles. The number of nitrogens with zero attached hydrogens (tertiary/aromatic N) is 4. The van der Waals surface area contributed by atoms with Gasteiger partial charge < -0.3 is 10.1 Å². The largest absolute Gasteiger partial charge is 0.501 e. The fourth-order valence-corrected chi connectivity index (χ4v) is 2.60. The highest BCUT2D eigenvalue weighted by Crippen LogP contribution is 2.23. The van der Waals surface area contributed by atoms with E-state index in [4.69, 9.17) is 4.74 Å². The molecular formula is C20H23N5O. The number of nitrogens with one attached hydrogen (secondary N) is 1. The van der Waals surface area contributed by atoms with Crippen LogP contribution in [0.25, 0.3) is 17.2 Å². The number of anilines is 1. The van der Waals surface area contributed by atoms with Crippen molar-refractivity contribution in [2.24, 2.45) is 7.05 Å². The topological polar surface area (TPSA) is 64.9 Å². The first-order chi connectivity index (χ1) is 12.7. The zero-order valence-corrected chi connectivity index (χ0v) is 15.3. The minimum Gasteiger partial charge on any atom is -0.501 e. The number of rotatable bonds is 7. The first-order valence-corrected chi connectivity index (χ1v) is 8.61. The third-order valence-corrected chi connectivity index (χ3v) is 4.00. The van der Waals surface area contributed by atoms with E-state index in [1.165, 1.54) is 5.56 Å². The molecule has 0 amide bonds. The number of benzene rings is 1. The van der Waals surface area contributed by atoms with E-state index < -0.39 is 0 Å². The van der Waals surface area contributed by atoms with Crippen LogP contribution in [0.4, 0.5) is 5.82 Å². The van der Waals surface area contributed by atoms with Crippen molar-refractivity contribution in [1.29, 1.82) is 0 Å². The van der Waals surface area contributed by atoms with Gasteiger partial charge in [-0.2, -0.15) is 5.10 Å². The van der Waals surface area contributed by atoms with Gasteiger partial charge in [0.1, 0.15) is 12.1 Å². The van der Waals surface area contributed by atoms with Crippen molar-refractivity contribution in [3.05, 3.63) is 66.6 Å². The zero-order valence-electron chi connectivity index (χ0n) is 15.3. The molecule has 1 N–H and O–H groups in total. The first-order valence-electron chi connectivity index (χ1n) is 8.61. The van der Waals surface area contributed by atoms with Crippen LogP contribution in [0.1, 0.15) is 31.1 Å². The summed E-state index contributed by atoms with van der Waals surface area (Å²) in [6, 6.07) is 10.5. The molecule has 0 fully saturated rings. The van der Waals surface area contributed by atoms with Crippen molar-refractivity contribution in [2.75, 3.05) is 11.9 Å². The summed E-state index contributed by atoms with van der Waals surface area (Å²) in [5.41, 5.74) is 4.25. The third kappa shape index (κ3) is 4.47. The summed E-state index contributed by atoms with van der Waals surface area (Å²) in [5.74, 6) is 0.778. The van der Waals surface area contributed by atoms with Gasteiger partial charge in [0.25, 0.3) is 0 Å². The molecular weight excluding hydrogens is 326 g/mol. The summed E-state index contributed by atoms with van der Waals surface area (Å²) >= 11 is 0. The van der Waals surface area contributed by atoms with Crippen LogP contribution >= 0.6 is 0 Å². The van der Waals surface area contributed by atoms with Crippen molar-refractivity contribution in [1.82, 2.24) is 19.7 Å². The van der Waals surface area contributed by atoms with E-state index in [-0.39, 0.29) is 6.04 Å². The molecule has 2 heterocycles. The summed E-state index contributed by atoms with van der Waals surface area (Å²) in [4.78, 5) is 8.51. The van der Waals surface area contributed by atoms with Gasteiger partial charge in [-0.15, -0.1) is 0 Å². The van der Waals surface area contributed by atoms with Gasteiger partial charge in [-0.3, -0.25) is 4.68 Å². The molecule has 0 aliphatic rings. The van der Waals surface area contributed by atoms with Crippen molar-refractivity contribution < 1.29 is 4.74 Å². The molecule has 2 aromatic heterocycles. The summed E-state index contributed by atoms with van der Waals surface area (Å²) in [6.45, 7) is 4.69. The predicted molar refractivity (Wildman–Crippen MR) is 103 cm³/mol. The standard InChI is InChI=1S/C20H23N5O/c1-4-26-10-9-19-11-20(22-14-21-19)24-15(2)16-5-7-17(8-6-16)18-12-23-25(3)13-18/h5-15H,4H2,1-3H3,(H,21,22,24)/b10-9+. The Morgan fingerprint density at radius 2 is 2.00 bits per heavy atom. The summed E-state index contributed by atoms with van der Waals surface area (Å²) in [5, 5.41) is 7.63. The second-order valence-electron chi connectivity index (χ2n) is 5.98. The molecule has 3 aromatic rings. The van der Waals surface area contributed by atoms with Gasteiger partial charge in [0.15, 0.2) is 0 Å². The summed E-state index contributed by atoms with van der Waals surface area (Å²) in [7, 11) is 1.92. The fraction of sp³-hybridized carbons (Fsp3) is 0.250. The van der Waals surface area contributed by atoms with E-state index in [9.17, 15) is 0 Å². The van der Waals surface area contributed by atoms with Crippen LogP contribution in [0, 0.1) is 0 Å². The van der Waals surface area contributed by atoms with E-state index in [0.717, 1.165) is 22.6 Å². The SMILES string of the molecule is CCO/C=C/c1cc(NC(C)c2ccc(-c3cnn(C)c3)cc2)ncn1. The molecule has 3 rings (SSSR count). The highest BCUT2D eigenvalue weighted by molar-refractivity contribution is 5.62. The monoisotopic (exact) mass is 349 g/mol. The van der Waals surface area contributed by atoms with E-state index >= 15 is 0 Å². The van der Waals surface area contributed by atoms with Crippen molar-refractivity contribution in [2.45, 2.75) is 19.9 Å². The van der Waals surface area contributed by atoms with E-state index in [0.29, 0.717) is 6.61 Å². The van der Waals surface area contributed by atoms with E-state index in [2.05, 4.69) is 51.6 Å². The predicted octanol–water partition coefficient (Wildman–Crippen LogP) is 4.06. The summed E-state index contributed by atoms with van der Waals surface area (Å²) < 4.78 is 7.02.